The van der Waals surface area contributed by atoms with Crippen LogP contribution >= 0.6 is 0 Å². The van der Waals surface area contributed by atoms with Gasteiger partial charge in [-0.2, -0.15) is 0 Å². The Labute approximate surface area is 221 Å². The summed E-state index contributed by atoms with van der Waals surface area (Å²) in [5.41, 5.74) is 1.30. The van der Waals surface area contributed by atoms with Gasteiger partial charge in [0.2, 0.25) is 5.89 Å². The van der Waals surface area contributed by atoms with Gasteiger partial charge in [0.05, 0.1) is 18.8 Å². The summed E-state index contributed by atoms with van der Waals surface area (Å²) in [6.45, 7) is 7.69. The Morgan fingerprint density at radius 3 is 2.34 bits per heavy atom. The minimum Gasteiger partial charge on any atom is -0.480 e. The summed E-state index contributed by atoms with van der Waals surface area (Å²) >= 11 is 0. The van der Waals surface area contributed by atoms with Crippen LogP contribution in [0, 0.1) is 6.92 Å². The summed E-state index contributed by atoms with van der Waals surface area (Å²) in [6.07, 6.45) is 0. The Morgan fingerprint density at radius 1 is 0.974 bits per heavy atom. The second kappa shape index (κ2) is 11.5. The lowest BCUT2D eigenvalue weighted by Gasteiger charge is -2.26. The zero-order valence-corrected chi connectivity index (χ0v) is 22.1. The number of carboxylic acids is 1. The molecule has 1 heterocycles. The fourth-order valence-electron chi connectivity index (χ4n) is 4.27. The number of ether oxygens (including phenoxy) is 2. The van der Waals surface area contributed by atoms with Gasteiger partial charge in [0.15, 0.2) is 5.60 Å². The molecular formula is C30H32N2O6. The van der Waals surface area contributed by atoms with Crippen LogP contribution in [0.15, 0.2) is 71.1 Å². The number of rotatable bonds is 11. The van der Waals surface area contributed by atoms with Gasteiger partial charge in [-0.15, -0.1) is 0 Å². The van der Waals surface area contributed by atoms with Gasteiger partial charge in [0.25, 0.3) is 0 Å². The van der Waals surface area contributed by atoms with Gasteiger partial charge < -0.3 is 19.0 Å². The molecule has 0 saturated carbocycles. The van der Waals surface area contributed by atoms with Crippen molar-refractivity contribution in [2.75, 3.05) is 13.2 Å². The second-order valence-corrected chi connectivity index (χ2v) is 9.53. The van der Waals surface area contributed by atoms with Gasteiger partial charge in [-0.05, 0) is 56.8 Å². The SMILES string of the molecule is CCOC(=O)C(C)(C)Oc1ccc(CN(CC(=O)O)Cc2nc(-c3ccccc3)oc2C)c2ccccc12. The summed E-state index contributed by atoms with van der Waals surface area (Å²) in [5, 5.41) is 11.3. The molecule has 0 fully saturated rings. The molecule has 8 nitrogen and oxygen atoms in total. The first kappa shape index (κ1) is 26.9. The number of carbonyl (C=O) groups excluding carboxylic acids is 1. The standard InChI is InChI=1S/C30H32N2O6/c1-5-36-29(35)30(3,4)38-26-16-15-22(23-13-9-10-14-24(23)26)17-32(19-27(33)34)18-25-20(2)37-28(31-25)21-11-7-6-8-12-21/h6-16H,5,17-19H2,1-4H3,(H,33,34). The first-order valence-corrected chi connectivity index (χ1v) is 12.5. The number of carboxylic acid groups (broad SMARTS) is 1. The molecule has 0 aliphatic heterocycles. The van der Waals surface area contributed by atoms with Crippen LogP contribution in [0.4, 0.5) is 0 Å². The Kier molecular flexibility index (Phi) is 8.12. The van der Waals surface area contributed by atoms with E-state index in [2.05, 4.69) is 4.98 Å². The molecule has 198 valence electrons. The average molecular weight is 517 g/mol. The number of hydrogen-bond donors (Lipinski definition) is 1. The van der Waals surface area contributed by atoms with E-state index in [1.165, 1.54) is 0 Å². The van der Waals surface area contributed by atoms with Crippen molar-refractivity contribution in [3.05, 3.63) is 83.7 Å². The summed E-state index contributed by atoms with van der Waals surface area (Å²) in [6, 6.07) is 21.0. The molecule has 1 aromatic heterocycles. The number of benzene rings is 3. The predicted molar refractivity (Wildman–Crippen MR) is 144 cm³/mol. The van der Waals surface area contributed by atoms with Crippen LogP contribution in [-0.4, -0.2) is 45.7 Å². The zero-order valence-electron chi connectivity index (χ0n) is 22.1. The molecule has 0 radical (unpaired) electrons. The lowest BCUT2D eigenvalue weighted by Crippen LogP contribution is -2.39. The van der Waals surface area contributed by atoms with Crippen LogP contribution in [0.3, 0.4) is 0 Å². The van der Waals surface area contributed by atoms with E-state index in [9.17, 15) is 14.7 Å². The lowest BCUT2D eigenvalue weighted by molar-refractivity contribution is -0.158. The molecule has 0 unspecified atom stereocenters. The van der Waals surface area contributed by atoms with Gasteiger partial charge in [-0.25, -0.2) is 9.78 Å². The van der Waals surface area contributed by atoms with Gasteiger partial charge in [0, 0.05) is 24.0 Å². The van der Waals surface area contributed by atoms with E-state index >= 15 is 0 Å². The highest BCUT2D eigenvalue weighted by molar-refractivity contribution is 5.91. The van der Waals surface area contributed by atoms with E-state index in [4.69, 9.17) is 13.9 Å². The highest BCUT2D eigenvalue weighted by Gasteiger charge is 2.32. The van der Waals surface area contributed by atoms with Crippen LogP contribution in [0.25, 0.3) is 22.2 Å². The molecule has 0 amide bonds. The molecule has 0 bridgehead atoms. The molecule has 0 aliphatic carbocycles. The minimum absolute atomic E-state index is 0.171. The van der Waals surface area contributed by atoms with Crippen LogP contribution in [0.1, 0.15) is 37.8 Å². The molecular weight excluding hydrogens is 484 g/mol. The van der Waals surface area contributed by atoms with E-state index < -0.39 is 17.5 Å². The number of aromatic nitrogens is 1. The van der Waals surface area contributed by atoms with E-state index in [0.717, 1.165) is 21.9 Å². The Bertz CT molecular complexity index is 1430. The first-order valence-electron chi connectivity index (χ1n) is 12.5. The molecule has 0 saturated heterocycles. The largest absolute Gasteiger partial charge is 0.480 e. The quantitative estimate of drug-likeness (QED) is 0.257. The lowest BCUT2D eigenvalue weighted by atomic mass is 10.0. The Hall–Kier alpha value is -4.17. The van der Waals surface area contributed by atoms with Crippen molar-refractivity contribution in [3.63, 3.8) is 0 Å². The highest BCUT2D eigenvalue weighted by Crippen LogP contribution is 2.32. The maximum atomic E-state index is 12.4. The number of oxazole rings is 1. The van der Waals surface area contributed by atoms with Crippen LogP contribution in [0.2, 0.25) is 0 Å². The first-order chi connectivity index (χ1) is 18.2. The molecule has 38 heavy (non-hydrogen) atoms. The molecule has 0 spiro atoms. The van der Waals surface area contributed by atoms with Crippen molar-refractivity contribution in [2.24, 2.45) is 0 Å². The minimum atomic E-state index is -1.17. The molecule has 4 aromatic rings. The number of hydrogen-bond acceptors (Lipinski definition) is 7. The van der Waals surface area contributed by atoms with Crippen molar-refractivity contribution in [1.29, 1.82) is 0 Å². The molecule has 4 rings (SSSR count). The molecule has 8 heteroatoms. The average Bonchev–Trinajstić information content (AvgIpc) is 3.25. The zero-order chi connectivity index (χ0) is 27.3. The number of nitrogens with zero attached hydrogens (tertiary/aromatic N) is 2. The van der Waals surface area contributed by atoms with Gasteiger partial charge >= 0.3 is 11.9 Å². The summed E-state index contributed by atoms with van der Waals surface area (Å²) in [4.78, 5) is 30.6. The smallest absolute Gasteiger partial charge is 0.349 e. The number of fused-ring (bicyclic) bond motifs is 1. The van der Waals surface area contributed by atoms with Crippen molar-refractivity contribution in [2.45, 2.75) is 46.4 Å². The van der Waals surface area contributed by atoms with E-state index in [1.54, 1.807) is 20.8 Å². The number of aliphatic carboxylic acids is 1. The topological polar surface area (TPSA) is 102 Å². The van der Waals surface area contributed by atoms with Crippen molar-refractivity contribution >= 4 is 22.7 Å². The molecule has 3 aromatic carbocycles. The fraction of sp³-hybridized carbons (Fsp3) is 0.300. The van der Waals surface area contributed by atoms with Crippen LogP contribution in [-0.2, 0) is 27.4 Å². The summed E-state index contributed by atoms with van der Waals surface area (Å²) in [7, 11) is 0. The third-order valence-electron chi connectivity index (χ3n) is 6.15. The summed E-state index contributed by atoms with van der Waals surface area (Å²) < 4.78 is 17.2. The van der Waals surface area contributed by atoms with E-state index in [0.29, 0.717) is 36.2 Å². The number of esters is 1. The van der Waals surface area contributed by atoms with Crippen molar-refractivity contribution in [1.82, 2.24) is 9.88 Å². The van der Waals surface area contributed by atoms with Crippen molar-refractivity contribution in [3.8, 4) is 17.2 Å². The maximum Gasteiger partial charge on any atom is 0.349 e. The van der Waals surface area contributed by atoms with E-state index in [1.807, 2.05) is 78.6 Å². The fourth-order valence-corrected chi connectivity index (χ4v) is 4.27. The van der Waals surface area contributed by atoms with E-state index in [-0.39, 0.29) is 13.2 Å². The molecule has 1 N–H and O–H groups in total. The predicted octanol–water partition coefficient (Wildman–Crippen LogP) is 5.61. The summed E-state index contributed by atoms with van der Waals surface area (Å²) in [5.74, 6) is 0.319. The maximum absolute atomic E-state index is 12.4. The molecule has 0 aliphatic rings. The Morgan fingerprint density at radius 2 is 1.66 bits per heavy atom. The number of aryl methyl sites for hydroxylation is 1. The van der Waals surface area contributed by atoms with Gasteiger partial charge in [-0.1, -0.05) is 48.5 Å². The third-order valence-corrected chi connectivity index (χ3v) is 6.15. The Balaban J connectivity index is 1.62. The van der Waals surface area contributed by atoms with Crippen LogP contribution in [0.5, 0.6) is 5.75 Å². The van der Waals surface area contributed by atoms with Gasteiger partial charge in [-0.3, -0.25) is 9.69 Å². The highest BCUT2D eigenvalue weighted by atomic mass is 16.6. The normalized spacial score (nSPS) is 11.6. The third kappa shape index (κ3) is 6.20. The second-order valence-electron chi connectivity index (χ2n) is 9.53. The van der Waals surface area contributed by atoms with Gasteiger partial charge in [0.1, 0.15) is 11.5 Å². The molecule has 0 atom stereocenters. The number of carbonyl (C=O) groups is 2. The monoisotopic (exact) mass is 516 g/mol. The van der Waals surface area contributed by atoms with Crippen molar-refractivity contribution < 1.29 is 28.6 Å². The van der Waals surface area contributed by atoms with Crippen LogP contribution < -0.4 is 4.74 Å².